The van der Waals surface area contributed by atoms with Crippen molar-refractivity contribution < 1.29 is 9.90 Å². The first-order valence-electron chi connectivity index (χ1n) is 6.20. The van der Waals surface area contributed by atoms with Crippen LogP contribution >= 0.6 is 0 Å². The molecule has 0 aromatic carbocycles. The maximum absolute atomic E-state index is 10.9. The second-order valence-corrected chi connectivity index (χ2v) is 5.60. The molecule has 1 saturated heterocycles. The Balaban J connectivity index is 2.46. The summed E-state index contributed by atoms with van der Waals surface area (Å²) in [6.07, 6.45) is 0.492. The fraction of sp³-hybridized carbons (Fsp3) is 0.917. The number of nitrogens with two attached hydrogens (primary N) is 1. The van der Waals surface area contributed by atoms with Gasteiger partial charge in [-0.05, 0) is 34.2 Å². The summed E-state index contributed by atoms with van der Waals surface area (Å²) in [4.78, 5) is 15.6. The number of likely N-dealkylation sites (N-methyl/N-ethyl adjacent to an activating group) is 1. The predicted molar refractivity (Wildman–Crippen MR) is 68.0 cm³/mol. The van der Waals surface area contributed by atoms with Gasteiger partial charge in [-0.3, -0.25) is 9.69 Å². The minimum atomic E-state index is -1.12. The molecule has 0 bridgehead atoms. The van der Waals surface area contributed by atoms with Crippen molar-refractivity contribution in [3.8, 4) is 0 Å². The summed E-state index contributed by atoms with van der Waals surface area (Å²) in [6, 6.07) is 1.01. The van der Waals surface area contributed by atoms with Crippen molar-refractivity contribution in [3.63, 3.8) is 0 Å². The summed E-state index contributed by atoms with van der Waals surface area (Å²) < 4.78 is 0. The van der Waals surface area contributed by atoms with E-state index in [1.807, 2.05) is 0 Å². The molecule has 1 aliphatic rings. The minimum absolute atomic E-state index is 0.492. The highest BCUT2D eigenvalue weighted by Gasteiger charge is 2.31. The summed E-state index contributed by atoms with van der Waals surface area (Å²) >= 11 is 0. The van der Waals surface area contributed by atoms with Crippen LogP contribution in [0, 0.1) is 0 Å². The van der Waals surface area contributed by atoms with Gasteiger partial charge in [0.15, 0.2) is 0 Å². The largest absolute Gasteiger partial charge is 0.480 e. The Kier molecular flexibility index (Phi) is 4.52. The lowest BCUT2D eigenvalue weighted by molar-refractivity contribution is -0.143. The summed E-state index contributed by atoms with van der Waals surface area (Å²) in [7, 11) is 2.14. The summed E-state index contributed by atoms with van der Waals surface area (Å²) in [5, 5.41) is 8.97. The van der Waals surface area contributed by atoms with Crippen LogP contribution in [0.1, 0.15) is 27.2 Å². The number of hydrogen-bond acceptors (Lipinski definition) is 4. The third-order valence-electron chi connectivity index (χ3n) is 3.87. The van der Waals surface area contributed by atoms with E-state index in [2.05, 4.69) is 30.7 Å². The lowest BCUT2D eigenvalue weighted by atomic mass is 9.98. The highest BCUT2D eigenvalue weighted by atomic mass is 16.4. The van der Waals surface area contributed by atoms with E-state index < -0.39 is 11.5 Å². The number of carbonyl (C=O) groups is 1. The van der Waals surface area contributed by atoms with Gasteiger partial charge < -0.3 is 15.7 Å². The number of piperazine rings is 1. The smallest absolute Gasteiger partial charge is 0.323 e. The number of nitrogens with zero attached hydrogens (tertiary/aromatic N) is 2. The third-order valence-corrected chi connectivity index (χ3v) is 3.87. The number of rotatable bonds is 4. The van der Waals surface area contributed by atoms with Gasteiger partial charge in [0.25, 0.3) is 0 Å². The fourth-order valence-corrected chi connectivity index (χ4v) is 2.19. The maximum atomic E-state index is 10.9. The van der Waals surface area contributed by atoms with E-state index in [4.69, 9.17) is 10.8 Å². The van der Waals surface area contributed by atoms with E-state index in [9.17, 15) is 4.79 Å². The SMILES string of the molecule is CC1CN(CCC(C)(N)C(=O)O)CC(C)N1C. The molecule has 0 radical (unpaired) electrons. The molecule has 5 heteroatoms. The van der Waals surface area contributed by atoms with Gasteiger partial charge in [0, 0.05) is 31.7 Å². The van der Waals surface area contributed by atoms with Crippen molar-refractivity contribution >= 4 is 5.97 Å². The zero-order valence-electron chi connectivity index (χ0n) is 11.3. The van der Waals surface area contributed by atoms with E-state index in [1.165, 1.54) is 0 Å². The quantitative estimate of drug-likeness (QED) is 0.738. The molecular formula is C12H25N3O2. The first kappa shape index (κ1) is 14.4. The molecule has 0 aliphatic carbocycles. The second kappa shape index (κ2) is 5.33. The molecule has 1 fully saturated rings. The van der Waals surface area contributed by atoms with E-state index >= 15 is 0 Å². The Labute approximate surface area is 104 Å². The van der Waals surface area contributed by atoms with Crippen LogP contribution in [0.2, 0.25) is 0 Å². The average molecular weight is 243 g/mol. The van der Waals surface area contributed by atoms with Gasteiger partial charge in [0.05, 0.1) is 0 Å². The van der Waals surface area contributed by atoms with Gasteiger partial charge in [0.1, 0.15) is 5.54 Å². The number of aliphatic carboxylic acids is 1. The molecule has 0 aromatic heterocycles. The predicted octanol–water partition coefficient (Wildman–Crippen LogP) is 0.203. The highest BCUT2D eigenvalue weighted by molar-refractivity contribution is 5.77. The second-order valence-electron chi connectivity index (χ2n) is 5.60. The molecule has 3 unspecified atom stereocenters. The van der Waals surface area contributed by atoms with E-state index in [0.717, 1.165) is 19.6 Å². The summed E-state index contributed by atoms with van der Waals surface area (Å²) in [6.45, 7) is 8.69. The van der Waals surface area contributed by atoms with Crippen molar-refractivity contribution in [3.05, 3.63) is 0 Å². The molecule has 0 aromatic rings. The zero-order chi connectivity index (χ0) is 13.2. The molecule has 1 aliphatic heterocycles. The molecule has 5 nitrogen and oxygen atoms in total. The molecule has 3 N–H and O–H groups in total. The van der Waals surface area contributed by atoms with Gasteiger partial charge in [-0.15, -0.1) is 0 Å². The van der Waals surface area contributed by atoms with Crippen molar-refractivity contribution in [1.29, 1.82) is 0 Å². The zero-order valence-corrected chi connectivity index (χ0v) is 11.3. The van der Waals surface area contributed by atoms with Crippen LogP contribution in [0.15, 0.2) is 0 Å². The number of carboxylic acid groups (broad SMARTS) is 1. The van der Waals surface area contributed by atoms with Crippen LogP contribution in [0.3, 0.4) is 0 Å². The number of hydrogen-bond donors (Lipinski definition) is 2. The van der Waals surface area contributed by atoms with Crippen molar-refractivity contribution in [1.82, 2.24) is 9.80 Å². The first-order chi connectivity index (χ1) is 7.74. The van der Waals surface area contributed by atoms with Crippen molar-refractivity contribution in [2.45, 2.75) is 44.8 Å². The summed E-state index contributed by atoms with van der Waals surface area (Å²) in [5.74, 6) is -0.923. The van der Waals surface area contributed by atoms with E-state index in [0.29, 0.717) is 18.5 Å². The minimum Gasteiger partial charge on any atom is -0.480 e. The van der Waals surface area contributed by atoms with Gasteiger partial charge in [-0.1, -0.05) is 0 Å². The Morgan fingerprint density at radius 3 is 2.29 bits per heavy atom. The molecule has 0 saturated carbocycles. The molecule has 0 amide bonds. The average Bonchev–Trinajstić information content (AvgIpc) is 2.22. The molecule has 0 spiro atoms. The number of carboxylic acids is 1. The van der Waals surface area contributed by atoms with Crippen LogP contribution in [0.25, 0.3) is 0 Å². The Bertz CT molecular complexity index is 269. The Morgan fingerprint density at radius 1 is 1.41 bits per heavy atom. The van der Waals surface area contributed by atoms with Gasteiger partial charge in [0.2, 0.25) is 0 Å². The monoisotopic (exact) mass is 243 g/mol. The van der Waals surface area contributed by atoms with Crippen molar-refractivity contribution in [2.24, 2.45) is 5.73 Å². The molecule has 1 rings (SSSR count). The molecule has 100 valence electrons. The van der Waals surface area contributed by atoms with Gasteiger partial charge >= 0.3 is 5.97 Å². The molecule has 3 atom stereocenters. The lowest BCUT2D eigenvalue weighted by Crippen LogP contribution is -2.56. The first-order valence-corrected chi connectivity index (χ1v) is 6.20. The van der Waals surface area contributed by atoms with Crippen LogP contribution in [0.5, 0.6) is 0 Å². The highest BCUT2D eigenvalue weighted by Crippen LogP contribution is 2.15. The molecule has 17 heavy (non-hydrogen) atoms. The standard InChI is InChI=1S/C12H25N3O2/c1-9-7-15(8-10(2)14(9)4)6-5-12(3,13)11(16)17/h9-10H,5-8,13H2,1-4H3,(H,16,17). The maximum Gasteiger partial charge on any atom is 0.323 e. The van der Waals surface area contributed by atoms with Crippen LogP contribution in [-0.4, -0.2) is 65.2 Å². The van der Waals surface area contributed by atoms with Gasteiger partial charge in [-0.25, -0.2) is 0 Å². The van der Waals surface area contributed by atoms with Gasteiger partial charge in [-0.2, -0.15) is 0 Å². The normalized spacial score (nSPS) is 31.1. The Morgan fingerprint density at radius 2 is 1.88 bits per heavy atom. The molecular weight excluding hydrogens is 218 g/mol. The van der Waals surface area contributed by atoms with Crippen molar-refractivity contribution in [2.75, 3.05) is 26.7 Å². The Hall–Kier alpha value is -0.650. The van der Waals surface area contributed by atoms with E-state index in [-0.39, 0.29) is 0 Å². The van der Waals surface area contributed by atoms with Crippen LogP contribution in [-0.2, 0) is 4.79 Å². The lowest BCUT2D eigenvalue weighted by Gasteiger charge is -2.43. The summed E-state index contributed by atoms with van der Waals surface area (Å²) in [5.41, 5.74) is 4.62. The third kappa shape index (κ3) is 3.66. The molecule has 1 heterocycles. The van der Waals surface area contributed by atoms with Crippen LogP contribution < -0.4 is 5.73 Å². The van der Waals surface area contributed by atoms with E-state index in [1.54, 1.807) is 6.92 Å². The topological polar surface area (TPSA) is 69.8 Å². The fourth-order valence-electron chi connectivity index (χ4n) is 2.19. The van der Waals surface area contributed by atoms with Crippen LogP contribution in [0.4, 0.5) is 0 Å².